The maximum absolute atomic E-state index is 12.8. The molecule has 0 saturated carbocycles. The maximum atomic E-state index is 12.8. The molecule has 2 aliphatic heterocycles. The first kappa shape index (κ1) is 13.8. The predicted octanol–water partition coefficient (Wildman–Crippen LogP) is 4.80. The summed E-state index contributed by atoms with van der Waals surface area (Å²) in [7, 11) is 0. The molecule has 2 aromatic carbocycles. The predicted molar refractivity (Wildman–Crippen MR) is 96.6 cm³/mol. The number of carbonyl (C=O) groups is 1. The topological polar surface area (TPSA) is 20.3 Å². The molecule has 5 rings (SSSR count). The number of para-hydroxylation sites is 2. The Bertz CT molecular complexity index is 962. The minimum absolute atomic E-state index is 0.0654. The van der Waals surface area contributed by atoms with Crippen molar-refractivity contribution < 1.29 is 4.79 Å². The number of anilines is 2. The van der Waals surface area contributed by atoms with E-state index in [0.29, 0.717) is 6.42 Å². The monoisotopic (exact) mass is 313 g/mol. The van der Waals surface area contributed by atoms with Gasteiger partial charge in [-0.3, -0.25) is 4.79 Å². The van der Waals surface area contributed by atoms with E-state index in [9.17, 15) is 4.79 Å². The lowest BCUT2D eigenvalue weighted by molar-refractivity contribution is -0.115. The molecule has 3 aliphatic rings. The van der Waals surface area contributed by atoms with Gasteiger partial charge in [0.15, 0.2) is 5.78 Å². The first-order valence-corrected chi connectivity index (χ1v) is 8.54. The van der Waals surface area contributed by atoms with Crippen LogP contribution in [0, 0.1) is 0 Å². The third kappa shape index (κ3) is 1.58. The van der Waals surface area contributed by atoms with E-state index in [0.717, 1.165) is 23.4 Å². The zero-order valence-electron chi connectivity index (χ0n) is 14.0. The maximum Gasteiger partial charge on any atom is 0.183 e. The number of ketones is 1. The third-order valence-corrected chi connectivity index (χ3v) is 5.63. The lowest BCUT2D eigenvalue weighted by Gasteiger charge is -2.46. The molecule has 24 heavy (non-hydrogen) atoms. The Kier molecular flexibility index (Phi) is 2.57. The molecule has 2 heteroatoms. The molecule has 2 aromatic rings. The first-order valence-electron chi connectivity index (χ1n) is 8.54. The number of Topliss-reactive ketones (excluding diaryl/α,β-unsaturated/α-hetero) is 1. The van der Waals surface area contributed by atoms with Crippen molar-refractivity contribution in [3.63, 3.8) is 0 Å². The van der Waals surface area contributed by atoms with Gasteiger partial charge in [-0.05, 0) is 28.3 Å². The smallest absolute Gasteiger partial charge is 0.183 e. The Balaban J connectivity index is 1.91. The van der Waals surface area contributed by atoms with Gasteiger partial charge in [0.2, 0.25) is 0 Å². The minimum atomic E-state index is -0.0654. The summed E-state index contributed by atoms with van der Waals surface area (Å²) < 4.78 is 0. The Morgan fingerprint density at radius 1 is 1.00 bits per heavy atom. The van der Waals surface area contributed by atoms with Crippen molar-refractivity contribution in [2.24, 2.45) is 0 Å². The quantitative estimate of drug-likeness (QED) is 0.696. The Hall–Kier alpha value is -2.61. The summed E-state index contributed by atoms with van der Waals surface area (Å²) in [5.74, 6) is 0.225. The molecule has 0 radical (unpaired) electrons. The van der Waals surface area contributed by atoms with Gasteiger partial charge in [0.25, 0.3) is 0 Å². The summed E-state index contributed by atoms with van der Waals surface area (Å²) in [4.78, 5) is 15.0. The summed E-state index contributed by atoms with van der Waals surface area (Å²) in [6, 6.07) is 15.1. The number of carbonyl (C=O) groups excluding carboxylic acids is 1. The molecule has 0 amide bonds. The minimum Gasteiger partial charge on any atom is -0.306 e. The van der Waals surface area contributed by atoms with Gasteiger partial charge in [0.05, 0.1) is 17.1 Å². The van der Waals surface area contributed by atoms with Crippen LogP contribution in [0.3, 0.4) is 0 Å². The SMILES string of the molecule is CC1(C)c2ccccc2N2C3=C(C=CCC3=O)Cc3cccc1c32. The summed E-state index contributed by atoms with van der Waals surface area (Å²) in [6.07, 6.45) is 5.47. The van der Waals surface area contributed by atoms with Gasteiger partial charge < -0.3 is 4.90 Å². The van der Waals surface area contributed by atoms with E-state index >= 15 is 0 Å². The van der Waals surface area contributed by atoms with Crippen LogP contribution in [0.1, 0.15) is 37.0 Å². The van der Waals surface area contributed by atoms with E-state index in [4.69, 9.17) is 0 Å². The molecular formula is C22H19NO. The van der Waals surface area contributed by atoms with E-state index in [1.807, 2.05) is 6.08 Å². The van der Waals surface area contributed by atoms with E-state index < -0.39 is 0 Å². The van der Waals surface area contributed by atoms with Gasteiger partial charge in [-0.2, -0.15) is 0 Å². The second-order valence-corrected chi connectivity index (χ2v) is 7.37. The standard InChI is InChI=1S/C22H19NO/c1-22(2)16-9-3-4-11-18(16)23-20-14(7-5-10-17(20)22)13-15-8-6-12-19(24)21(15)23/h3-11H,12-13H2,1-2H3. The summed E-state index contributed by atoms with van der Waals surface area (Å²) in [5.41, 5.74) is 8.24. The Morgan fingerprint density at radius 3 is 2.67 bits per heavy atom. The average molecular weight is 313 g/mol. The molecule has 0 unspecified atom stereocenters. The molecule has 0 fully saturated rings. The summed E-state index contributed by atoms with van der Waals surface area (Å²) in [6.45, 7) is 4.57. The Morgan fingerprint density at radius 2 is 1.79 bits per heavy atom. The largest absolute Gasteiger partial charge is 0.306 e. The van der Waals surface area contributed by atoms with E-state index in [-0.39, 0.29) is 11.2 Å². The van der Waals surface area contributed by atoms with E-state index in [2.05, 4.69) is 67.3 Å². The van der Waals surface area contributed by atoms with Crippen LogP contribution in [0.2, 0.25) is 0 Å². The third-order valence-electron chi connectivity index (χ3n) is 5.63. The van der Waals surface area contributed by atoms with Crippen molar-refractivity contribution in [3.8, 4) is 0 Å². The van der Waals surface area contributed by atoms with Gasteiger partial charge in [-0.25, -0.2) is 0 Å². The van der Waals surface area contributed by atoms with Gasteiger partial charge in [-0.15, -0.1) is 0 Å². The molecule has 0 N–H and O–H groups in total. The van der Waals surface area contributed by atoms with Gasteiger partial charge >= 0.3 is 0 Å². The zero-order valence-corrected chi connectivity index (χ0v) is 14.0. The summed E-state index contributed by atoms with van der Waals surface area (Å²) in [5, 5.41) is 0. The van der Waals surface area contributed by atoms with Crippen molar-refractivity contribution in [3.05, 3.63) is 82.6 Å². The molecule has 2 heterocycles. The van der Waals surface area contributed by atoms with Crippen LogP contribution >= 0.6 is 0 Å². The fourth-order valence-corrected chi connectivity index (χ4v) is 4.48. The number of rotatable bonds is 0. The van der Waals surface area contributed by atoms with Crippen LogP contribution < -0.4 is 4.90 Å². The molecule has 118 valence electrons. The number of hydrogen-bond acceptors (Lipinski definition) is 2. The second-order valence-electron chi connectivity index (χ2n) is 7.37. The molecule has 0 aromatic heterocycles. The van der Waals surface area contributed by atoms with Gasteiger partial charge in [-0.1, -0.05) is 62.4 Å². The van der Waals surface area contributed by atoms with Crippen molar-refractivity contribution in [1.29, 1.82) is 0 Å². The van der Waals surface area contributed by atoms with E-state index in [1.54, 1.807) is 0 Å². The average Bonchev–Trinajstić information content (AvgIpc) is 2.59. The zero-order chi connectivity index (χ0) is 16.5. The molecule has 0 spiro atoms. The molecule has 2 nitrogen and oxygen atoms in total. The first-order chi connectivity index (χ1) is 11.6. The van der Waals surface area contributed by atoms with Crippen molar-refractivity contribution in [1.82, 2.24) is 0 Å². The molecular weight excluding hydrogens is 294 g/mol. The lowest BCUT2D eigenvalue weighted by Crippen LogP contribution is -2.38. The van der Waals surface area contributed by atoms with Crippen molar-refractivity contribution in [2.75, 3.05) is 4.90 Å². The highest BCUT2D eigenvalue weighted by molar-refractivity contribution is 6.06. The highest BCUT2D eigenvalue weighted by Gasteiger charge is 2.42. The second kappa shape index (κ2) is 4.47. The van der Waals surface area contributed by atoms with Crippen LogP contribution in [0.25, 0.3) is 0 Å². The van der Waals surface area contributed by atoms with Crippen LogP contribution in [0.5, 0.6) is 0 Å². The fourth-order valence-electron chi connectivity index (χ4n) is 4.48. The number of nitrogens with zero attached hydrogens (tertiary/aromatic N) is 1. The number of hydrogen-bond donors (Lipinski definition) is 0. The van der Waals surface area contributed by atoms with Crippen LogP contribution in [-0.2, 0) is 16.6 Å². The number of benzene rings is 2. The van der Waals surface area contributed by atoms with Crippen molar-refractivity contribution in [2.45, 2.75) is 32.1 Å². The highest BCUT2D eigenvalue weighted by Crippen LogP contribution is 2.54. The van der Waals surface area contributed by atoms with Gasteiger partial charge in [0, 0.05) is 18.3 Å². The van der Waals surface area contributed by atoms with Crippen LogP contribution in [0.4, 0.5) is 11.4 Å². The number of fused-ring (bicyclic) bond motifs is 3. The lowest BCUT2D eigenvalue weighted by atomic mass is 9.71. The van der Waals surface area contributed by atoms with Crippen LogP contribution in [0.15, 0.2) is 65.9 Å². The normalized spacial score (nSPS) is 19.8. The molecule has 0 bridgehead atoms. The molecule has 1 aliphatic carbocycles. The molecule has 0 saturated heterocycles. The fraction of sp³-hybridized carbons (Fsp3) is 0.227. The highest BCUT2D eigenvalue weighted by atomic mass is 16.1. The van der Waals surface area contributed by atoms with Crippen molar-refractivity contribution >= 4 is 17.2 Å². The Labute approximate surface area is 142 Å². The molecule has 0 atom stereocenters. The summed E-state index contributed by atoms with van der Waals surface area (Å²) >= 11 is 0. The number of allylic oxidation sites excluding steroid dienone is 4. The van der Waals surface area contributed by atoms with E-state index in [1.165, 1.54) is 22.4 Å². The van der Waals surface area contributed by atoms with Gasteiger partial charge in [0.1, 0.15) is 0 Å². The van der Waals surface area contributed by atoms with Crippen LogP contribution in [-0.4, -0.2) is 5.78 Å².